The zero-order valence-corrected chi connectivity index (χ0v) is 16.7. The highest BCUT2D eigenvalue weighted by atomic mass is 32.2. The summed E-state index contributed by atoms with van der Waals surface area (Å²) in [6.07, 6.45) is 3.13. The molecule has 0 amide bonds. The van der Waals surface area contributed by atoms with Crippen LogP contribution in [0.4, 0.5) is 0 Å². The van der Waals surface area contributed by atoms with Crippen molar-refractivity contribution in [2.24, 2.45) is 0 Å². The van der Waals surface area contributed by atoms with Crippen LogP contribution in [-0.2, 0) is 6.54 Å². The third-order valence-electron chi connectivity index (χ3n) is 4.25. The summed E-state index contributed by atoms with van der Waals surface area (Å²) in [5, 5.41) is 9.53. The van der Waals surface area contributed by atoms with E-state index in [1.807, 2.05) is 65.2 Å². The van der Waals surface area contributed by atoms with E-state index in [4.69, 9.17) is 4.74 Å². The molecule has 5 nitrogen and oxygen atoms in total. The van der Waals surface area contributed by atoms with Gasteiger partial charge in [-0.2, -0.15) is 0 Å². The van der Waals surface area contributed by atoms with E-state index in [0.29, 0.717) is 13.0 Å². The number of para-hydroxylation sites is 1. The van der Waals surface area contributed by atoms with Crippen molar-refractivity contribution < 1.29 is 9.53 Å². The lowest BCUT2D eigenvalue weighted by atomic mass is 10.1. The highest BCUT2D eigenvalue weighted by Crippen LogP contribution is 2.31. The number of aromatic nitrogens is 3. The van der Waals surface area contributed by atoms with E-state index >= 15 is 0 Å². The molecule has 6 heteroatoms. The number of thioether (sulfide) groups is 1. The van der Waals surface area contributed by atoms with Crippen LogP contribution in [0.1, 0.15) is 23.2 Å². The van der Waals surface area contributed by atoms with E-state index in [1.165, 1.54) is 0 Å². The van der Waals surface area contributed by atoms with Crippen molar-refractivity contribution in [2.75, 3.05) is 12.9 Å². The highest BCUT2D eigenvalue weighted by Gasteiger charge is 2.16. The molecule has 2 aromatic carbocycles. The van der Waals surface area contributed by atoms with Crippen molar-refractivity contribution in [3.8, 4) is 17.1 Å². The first kappa shape index (κ1) is 19.9. The molecule has 1 heterocycles. The number of carbonyl (C=O) groups excluding carboxylic acids is 1. The van der Waals surface area contributed by atoms with Crippen LogP contribution in [0, 0.1) is 0 Å². The predicted molar refractivity (Wildman–Crippen MR) is 113 cm³/mol. The maximum absolute atomic E-state index is 12.2. The topological polar surface area (TPSA) is 57.0 Å². The monoisotopic (exact) mass is 393 g/mol. The maximum atomic E-state index is 12.2. The Morgan fingerprint density at radius 1 is 1.14 bits per heavy atom. The number of ether oxygens (including phenoxy) is 1. The number of methoxy groups -OCH3 is 1. The molecule has 0 radical (unpaired) electrons. The van der Waals surface area contributed by atoms with Gasteiger partial charge in [-0.15, -0.1) is 16.8 Å². The number of Topliss-reactive ketones (excluding diaryl/α,β-unsaturated/α-hetero) is 1. The minimum atomic E-state index is 0.170. The molecule has 1 aromatic heterocycles. The van der Waals surface area contributed by atoms with Gasteiger partial charge in [0.1, 0.15) is 5.75 Å². The first-order valence-electron chi connectivity index (χ1n) is 9.13. The number of nitrogens with zero attached hydrogens (tertiary/aromatic N) is 3. The Hall–Kier alpha value is -2.86. The Labute approximate surface area is 169 Å². The lowest BCUT2D eigenvalue weighted by Gasteiger charge is -2.10. The minimum Gasteiger partial charge on any atom is -0.496 e. The second-order valence-corrected chi connectivity index (χ2v) is 7.21. The summed E-state index contributed by atoms with van der Waals surface area (Å²) in [5.74, 6) is 2.47. The third kappa shape index (κ3) is 4.70. The molecule has 3 rings (SSSR count). The fourth-order valence-corrected chi connectivity index (χ4v) is 3.77. The largest absolute Gasteiger partial charge is 0.496 e. The van der Waals surface area contributed by atoms with Crippen LogP contribution in [0.2, 0.25) is 0 Å². The van der Waals surface area contributed by atoms with E-state index in [0.717, 1.165) is 40.0 Å². The SMILES string of the molecule is C=CCn1c(SCCCC(=O)c2ccccc2)nnc1-c1ccccc1OC. The number of rotatable bonds is 10. The van der Waals surface area contributed by atoms with Crippen molar-refractivity contribution in [2.45, 2.75) is 24.5 Å². The molecule has 0 bridgehead atoms. The molecule has 0 aliphatic carbocycles. The van der Waals surface area contributed by atoms with E-state index in [-0.39, 0.29) is 5.78 Å². The number of benzene rings is 2. The van der Waals surface area contributed by atoms with Crippen molar-refractivity contribution in [1.82, 2.24) is 14.8 Å². The average Bonchev–Trinajstić information content (AvgIpc) is 3.14. The Bertz CT molecular complexity index is 938. The zero-order chi connectivity index (χ0) is 19.8. The quantitative estimate of drug-likeness (QED) is 0.212. The van der Waals surface area contributed by atoms with Gasteiger partial charge in [-0.05, 0) is 18.6 Å². The highest BCUT2D eigenvalue weighted by molar-refractivity contribution is 7.99. The predicted octanol–water partition coefficient (Wildman–Crippen LogP) is 4.89. The van der Waals surface area contributed by atoms with E-state index in [9.17, 15) is 4.79 Å². The Kier molecular flexibility index (Phi) is 7.03. The van der Waals surface area contributed by atoms with Crippen molar-refractivity contribution in [3.63, 3.8) is 0 Å². The van der Waals surface area contributed by atoms with Crippen LogP contribution in [-0.4, -0.2) is 33.4 Å². The van der Waals surface area contributed by atoms with Gasteiger partial charge < -0.3 is 4.74 Å². The second kappa shape index (κ2) is 9.90. The van der Waals surface area contributed by atoms with Gasteiger partial charge >= 0.3 is 0 Å². The number of carbonyl (C=O) groups is 1. The maximum Gasteiger partial charge on any atom is 0.191 e. The molecular weight excluding hydrogens is 370 g/mol. The van der Waals surface area contributed by atoms with Crippen LogP contribution >= 0.6 is 11.8 Å². The van der Waals surface area contributed by atoms with Gasteiger partial charge in [0.15, 0.2) is 16.8 Å². The standard InChI is InChI=1S/C22H23N3O2S/c1-3-15-25-21(18-12-7-8-14-20(18)27-2)23-24-22(25)28-16-9-13-19(26)17-10-5-4-6-11-17/h3-8,10-12,14H,1,9,13,15-16H2,2H3. The summed E-state index contributed by atoms with van der Waals surface area (Å²) in [6, 6.07) is 17.2. The average molecular weight is 394 g/mol. The van der Waals surface area contributed by atoms with Crippen LogP contribution in [0.3, 0.4) is 0 Å². The fourth-order valence-electron chi connectivity index (χ4n) is 2.88. The Morgan fingerprint density at radius 2 is 1.89 bits per heavy atom. The zero-order valence-electron chi connectivity index (χ0n) is 15.9. The lowest BCUT2D eigenvalue weighted by molar-refractivity contribution is 0.0982. The summed E-state index contributed by atoms with van der Waals surface area (Å²) >= 11 is 1.60. The molecule has 3 aromatic rings. The number of ketones is 1. The summed E-state index contributed by atoms with van der Waals surface area (Å²) in [4.78, 5) is 12.2. The van der Waals surface area contributed by atoms with Gasteiger partial charge in [0.25, 0.3) is 0 Å². The van der Waals surface area contributed by atoms with Gasteiger partial charge in [0.05, 0.1) is 12.7 Å². The summed E-state index contributed by atoms with van der Waals surface area (Å²) in [6.45, 7) is 4.45. The molecule has 0 unspecified atom stereocenters. The van der Waals surface area contributed by atoms with Crippen LogP contribution in [0.15, 0.2) is 72.4 Å². The molecule has 0 N–H and O–H groups in total. The fraction of sp³-hybridized carbons (Fsp3) is 0.227. The van der Waals surface area contributed by atoms with Gasteiger partial charge in [-0.3, -0.25) is 9.36 Å². The van der Waals surface area contributed by atoms with E-state index in [1.54, 1.807) is 18.9 Å². The minimum absolute atomic E-state index is 0.170. The van der Waals surface area contributed by atoms with Crippen LogP contribution in [0.5, 0.6) is 5.75 Å². The van der Waals surface area contributed by atoms with Gasteiger partial charge in [-0.25, -0.2) is 0 Å². The number of hydrogen-bond donors (Lipinski definition) is 0. The number of hydrogen-bond acceptors (Lipinski definition) is 5. The van der Waals surface area contributed by atoms with Gasteiger partial charge in [0.2, 0.25) is 0 Å². The van der Waals surface area contributed by atoms with Crippen molar-refractivity contribution in [3.05, 3.63) is 72.8 Å². The summed E-state index contributed by atoms with van der Waals surface area (Å²) in [5.41, 5.74) is 1.66. The molecule has 0 fully saturated rings. The third-order valence-corrected chi connectivity index (χ3v) is 5.30. The normalized spacial score (nSPS) is 10.6. The molecule has 28 heavy (non-hydrogen) atoms. The molecule has 0 saturated heterocycles. The number of allylic oxidation sites excluding steroid dienone is 1. The smallest absolute Gasteiger partial charge is 0.191 e. The molecule has 0 atom stereocenters. The van der Waals surface area contributed by atoms with Crippen LogP contribution in [0.25, 0.3) is 11.4 Å². The van der Waals surface area contributed by atoms with Gasteiger partial charge in [0, 0.05) is 24.3 Å². The first-order chi connectivity index (χ1) is 13.7. The summed E-state index contributed by atoms with van der Waals surface area (Å²) in [7, 11) is 1.65. The van der Waals surface area contributed by atoms with E-state index in [2.05, 4.69) is 16.8 Å². The second-order valence-electron chi connectivity index (χ2n) is 6.15. The molecule has 0 aliphatic heterocycles. The first-order valence-corrected chi connectivity index (χ1v) is 10.1. The molecule has 0 saturated carbocycles. The molecular formula is C22H23N3O2S. The lowest BCUT2D eigenvalue weighted by Crippen LogP contribution is -2.03. The summed E-state index contributed by atoms with van der Waals surface area (Å²) < 4.78 is 7.48. The van der Waals surface area contributed by atoms with Crippen molar-refractivity contribution in [1.29, 1.82) is 0 Å². The van der Waals surface area contributed by atoms with E-state index < -0.39 is 0 Å². The van der Waals surface area contributed by atoms with Crippen LogP contribution < -0.4 is 4.74 Å². The molecule has 144 valence electrons. The van der Waals surface area contributed by atoms with Crippen molar-refractivity contribution >= 4 is 17.5 Å². The Balaban J connectivity index is 1.67. The molecule has 0 spiro atoms. The van der Waals surface area contributed by atoms with Gasteiger partial charge in [-0.1, -0.05) is 60.3 Å². The Morgan fingerprint density at radius 3 is 2.64 bits per heavy atom. The molecule has 0 aliphatic rings.